The lowest BCUT2D eigenvalue weighted by molar-refractivity contribution is 0.414. The number of rotatable bonds is 2. The van der Waals surface area contributed by atoms with Gasteiger partial charge in [0.05, 0.1) is 17.2 Å². The van der Waals surface area contributed by atoms with E-state index in [1.54, 1.807) is 13.2 Å². The first-order valence-electron chi connectivity index (χ1n) is 4.07. The van der Waals surface area contributed by atoms with Crippen LogP contribution in [0, 0.1) is 12.3 Å². The number of benzene rings is 1. The van der Waals surface area contributed by atoms with Crippen LogP contribution >= 0.6 is 23.4 Å². The molecule has 2 nitrogen and oxygen atoms in total. The maximum absolute atomic E-state index is 7.71. The Bertz CT molecular complexity index is 365. The van der Waals surface area contributed by atoms with Crippen LogP contribution in [0.5, 0.6) is 5.75 Å². The van der Waals surface area contributed by atoms with E-state index in [4.69, 9.17) is 21.7 Å². The molecular weight excluding hydrogens is 218 g/mol. The van der Waals surface area contributed by atoms with Gasteiger partial charge in [-0.3, -0.25) is 5.41 Å². The molecule has 0 radical (unpaired) electrons. The molecule has 0 atom stereocenters. The third kappa shape index (κ3) is 2.22. The van der Waals surface area contributed by atoms with Gasteiger partial charge >= 0.3 is 0 Å². The molecule has 0 saturated heterocycles. The second-order valence-corrected chi connectivity index (χ2v) is 4.06. The first-order valence-corrected chi connectivity index (χ1v) is 5.67. The Hall–Kier alpha value is -0.670. The molecule has 0 aromatic heterocycles. The van der Waals surface area contributed by atoms with Gasteiger partial charge in [-0.25, -0.2) is 0 Å². The monoisotopic (exact) mass is 229 g/mol. The molecule has 0 aliphatic rings. The molecule has 0 unspecified atom stereocenters. The van der Waals surface area contributed by atoms with Gasteiger partial charge in [0, 0.05) is 5.56 Å². The zero-order valence-corrected chi connectivity index (χ0v) is 9.92. The minimum Gasteiger partial charge on any atom is -0.495 e. The molecule has 0 heterocycles. The Kier molecular flexibility index (Phi) is 3.84. The molecule has 76 valence electrons. The summed E-state index contributed by atoms with van der Waals surface area (Å²) in [6.07, 6.45) is 1.87. The third-order valence-corrected chi connectivity index (χ3v) is 2.87. The SMILES string of the molecule is COc1cc(C)c(C(=N)SC)cc1Cl. The van der Waals surface area contributed by atoms with E-state index in [1.807, 2.05) is 19.2 Å². The lowest BCUT2D eigenvalue weighted by atomic mass is 10.1. The van der Waals surface area contributed by atoms with E-state index < -0.39 is 0 Å². The van der Waals surface area contributed by atoms with Crippen molar-refractivity contribution in [3.05, 3.63) is 28.3 Å². The van der Waals surface area contributed by atoms with Gasteiger partial charge in [-0.2, -0.15) is 0 Å². The lowest BCUT2D eigenvalue weighted by Crippen LogP contribution is -1.97. The highest BCUT2D eigenvalue weighted by Gasteiger charge is 2.09. The summed E-state index contributed by atoms with van der Waals surface area (Å²) in [7, 11) is 1.58. The second-order valence-electron chi connectivity index (χ2n) is 2.83. The number of thioether (sulfide) groups is 1. The van der Waals surface area contributed by atoms with Gasteiger partial charge in [-0.1, -0.05) is 11.6 Å². The van der Waals surface area contributed by atoms with Crippen LogP contribution in [0.1, 0.15) is 11.1 Å². The largest absolute Gasteiger partial charge is 0.495 e. The Labute approximate surface area is 93.1 Å². The number of ether oxygens (including phenoxy) is 1. The summed E-state index contributed by atoms with van der Waals surface area (Å²) in [6.45, 7) is 1.94. The topological polar surface area (TPSA) is 33.1 Å². The molecule has 0 fully saturated rings. The summed E-state index contributed by atoms with van der Waals surface area (Å²) >= 11 is 7.37. The van der Waals surface area contributed by atoms with E-state index in [2.05, 4.69) is 0 Å². The molecule has 0 aliphatic carbocycles. The predicted octanol–water partition coefficient (Wildman–Crippen LogP) is 3.35. The maximum atomic E-state index is 7.71. The molecule has 0 spiro atoms. The van der Waals surface area contributed by atoms with Crippen molar-refractivity contribution >= 4 is 28.4 Å². The van der Waals surface area contributed by atoms with Gasteiger partial charge < -0.3 is 4.74 Å². The Morgan fingerprint density at radius 3 is 2.64 bits per heavy atom. The summed E-state index contributed by atoms with van der Waals surface area (Å²) < 4.78 is 5.08. The highest BCUT2D eigenvalue weighted by atomic mass is 35.5. The maximum Gasteiger partial charge on any atom is 0.137 e. The Morgan fingerprint density at radius 1 is 1.50 bits per heavy atom. The van der Waals surface area contributed by atoms with E-state index >= 15 is 0 Å². The molecule has 0 amide bonds. The lowest BCUT2D eigenvalue weighted by Gasteiger charge is -2.09. The fourth-order valence-electron chi connectivity index (χ4n) is 1.17. The van der Waals surface area contributed by atoms with E-state index in [1.165, 1.54) is 11.8 Å². The van der Waals surface area contributed by atoms with Crippen LogP contribution in [-0.4, -0.2) is 18.4 Å². The summed E-state index contributed by atoms with van der Waals surface area (Å²) in [5.74, 6) is 0.654. The van der Waals surface area contributed by atoms with Crippen molar-refractivity contribution in [1.82, 2.24) is 0 Å². The highest BCUT2D eigenvalue weighted by Crippen LogP contribution is 2.29. The molecule has 1 N–H and O–H groups in total. The van der Waals surface area contributed by atoms with Crippen molar-refractivity contribution in [3.8, 4) is 5.75 Å². The van der Waals surface area contributed by atoms with Gasteiger partial charge in [0.15, 0.2) is 0 Å². The quantitative estimate of drug-likeness (QED) is 0.623. The molecular formula is C10H12ClNOS. The molecule has 0 saturated carbocycles. The standard InChI is InChI=1S/C10H12ClNOS/c1-6-4-9(13-2)8(11)5-7(6)10(12)14-3/h4-5,12H,1-3H3. The number of nitrogens with one attached hydrogen (secondary N) is 1. The van der Waals surface area contributed by atoms with Crippen molar-refractivity contribution in [1.29, 1.82) is 5.41 Å². The van der Waals surface area contributed by atoms with Gasteiger partial charge in [0.2, 0.25) is 0 Å². The first-order chi connectivity index (χ1) is 6.60. The van der Waals surface area contributed by atoms with E-state index in [-0.39, 0.29) is 0 Å². The van der Waals surface area contributed by atoms with Crippen molar-refractivity contribution in [3.63, 3.8) is 0 Å². The normalized spacial score (nSPS) is 10.0. The van der Waals surface area contributed by atoms with E-state index in [9.17, 15) is 0 Å². The van der Waals surface area contributed by atoms with Crippen LogP contribution in [0.25, 0.3) is 0 Å². The number of hydrogen-bond donors (Lipinski definition) is 1. The Morgan fingerprint density at radius 2 is 2.14 bits per heavy atom. The molecule has 14 heavy (non-hydrogen) atoms. The smallest absolute Gasteiger partial charge is 0.137 e. The number of methoxy groups -OCH3 is 1. The van der Waals surface area contributed by atoms with Crippen LogP contribution in [0.3, 0.4) is 0 Å². The molecule has 1 rings (SSSR count). The van der Waals surface area contributed by atoms with Crippen LogP contribution in [0.15, 0.2) is 12.1 Å². The zero-order valence-electron chi connectivity index (χ0n) is 8.35. The summed E-state index contributed by atoms with van der Waals surface area (Å²) in [5, 5.41) is 8.78. The van der Waals surface area contributed by atoms with Gasteiger partial charge in [0.1, 0.15) is 5.75 Å². The Balaban J connectivity index is 3.21. The fraction of sp³-hybridized carbons (Fsp3) is 0.300. The fourth-order valence-corrected chi connectivity index (χ4v) is 1.85. The molecule has 4 heteroatoms. The minimum absolute atomic E-state index is 0.520. The molecule has 1 aromatic rings. The molecule has 1 aromatic carbocycles. The van der Waals surface area contributed by atoms with Gasteiger partial charge in [-0.15, -0.1) is 11.8 Å². The van der Waals surface area contributed by atoms with Crippen LogP contribution in [-0.2, 0) is 0 Å². The average molecular weight is 230 g/mol. The predicted molar refractivity (Wildman–Crippen MR) is 63.1 cm³/mol. The van der Waals surface area contributed by atoms with Crippen molar-refractivity contribution in [2.45, 2.75) is 6.92 Å². The highest BCUT2D eigenvalue weighted by molar-refractivity contribution is 8.13. The average Bonchev–Trinajstić information content (AvgIpc) is 2.19. The number of halogens is 1. The van der Waals surface area contributed by atoms with Crippen molar-refractivity contribution in [2.75, 3.05) is 13.4 Å². The summed E-state index contributed by atoms with van der Waals surface area (Å²) in [4.78, 5) is 0. The van der Waals surface area contributed by atoms with Crippen molar-refractivity contribution in [2.24, 2.45) is 0 Å². The number of aryl methyl sites for hydroxylation is 1. The molecule has 0 bridgehead atoms. The van der Waals surface area contributed by atoms with Gasteiger partial charge in [-0.05, 0) is 30.9 Å². The minimum atomic E-state index is 0.520. The van der Waals surface area contributed by atoms with Crippen LogP contribution in [0.2, 0.25) is 5.02 Å². The van der Waals surface area contributed by atoms with Crippen LogP contribution in [0.4, 0.5) is 0 Å². The van der Waals surface area contributed by atoms with E-state index in [0.717, 1.165) is 11.1 Å². The number of hydrogen-bond acceptors (Lipinski definition) is 3. The van der Waals surface area contributed by atoms with Crippen LogP contribution < -0.4 is 4.74 Å². The summed E-state index contributed by atoms with van der Waals surface area (Å²) in [5.41, 5.74) is 1.87. The third-order valence-electron chi connectivity index (χ3n) is 1.95. The van der Waals surface area contributed by atoms with Gasteiger partial charge in [0.25, 0.3) is 0 Å². The second kappa shape index (κ2) is 4.71. The molecule has 0 aliphatic heterocycles. The first kappa shape index (κ1) is 11.4. The zero-order chi connectivity index (χ0) is 10.7. The van der Waals surface area contributed by atoms with E-state index in [0.29, 0.717) is 15.8 Å². The van der Waals surface area contributed by atoms with Crippen molar-refractivity contribution < 1.29 is 4.74 Å². The summed E-state index contributed by atoms with van der Waals surface area (Å²) in [6, 6.07) is 3.62.